The molecule has 0 spiro atoms. The molecule has 38 heavy (non-hydrogen) atoms. The molecule has 0 aliphatic rings. The molecule has 0 radical (unpaired) electrons. The summed E-state index contributed by atoms with van der Waals surface area (Å²) >= 11 is 0. The maximum absolute atomic E-state index is 13.1. The van der Waals surface area contributed by atoms with Crippen molar-refractivity contribution in [3.8, 4) is 0 Å². The summed E-state index contributed by atoms with van der Waals surface area (Å²) in [5, 5.41) is 2.15. The molecule has 1 N–H and O–H groups in total. The molecule has 0 saturated carbocycles. The van der Waals surface area contributed by atoms with Crippen LogP contribution in [0.4, 0.5) is 0 Å². The molecule has 3 aromatic rings. The molecule has 202 valence electrons. The molecule has 2 atom stereocenters. The number of allylic oxidation sites excluding steroid dienone is 1. The van der Waals surface area contributed by atoms with Gasteiger partial charge in [0.25, 0.3) is 8.32 Å². The summed E-state index contributed by atoms with van der Waals surface area (Å²) in [6.45, 7) is 12.7. The van der Waals surface area contributed by atoms with Gasteiger partial charge in [-0.05, 0) is 47.8 Å². The second-order valence-electron chi connectivity index (χ2n) is 11.6. The Morgan fingerprint density at radius 1 is 0.842 bits per heavy atom. The van der Waals surface area contributed by atoms with E-state index in [1.54, 1.807) is 6.08 Å². The summed E-state index contributed by atoms with van der Waals surface area (Å²) in [5.74, 6) is -0.0386. The first-order chi connectivity index (χ1) is 17.9. The Kier molecular flexibility index (Phi) is 10.2. The number of hydrogen-bond donors (Lipinski definition) is 1. The SMILES string of the molecule is CC(C)(C)S(=O)N[C@@H](CO[Si](c1ccccc1)(c1ccccc1)C(C)(C)C)CC(=O)/C=C/c1ccccc1. The quantitative estimate of drug-likeness (QED) is 0.249. The van der Waals surface area contributed by atoms with Crippen LogP contribution in [0.5, 0.6) is 0 Å². The maximum atomic E-state index is 13.1. The molecule has 0 saturated heterocycles. The first kappa shape index (κ1) is 29.9. The number of carbonyl (C=O) groups is 1. The second kappa shape index (κ2) is 12.9. The Morgan fingerprint density at radius 2 is 1.32 bits per heavy atom. The van der Waals surface area contributed by atoms with Gasteiger partial charge in [0.1, 0.15) is 0 Å². The predicted octanol–water partition coefficient (Wildman–Crippen LogP) is 5.66. The Labute approximate surface area is 232 Å². The summed E-state index contributed by atoms with van der Waals surface area (Å²) < 4.78 is 22.9. The van der Waals surface area contributed by atoms with Crippen molar-refractivity contribution in [3.05, 3.63) is 103 Å². The van der Waals surface area contributed by atoms with Crippen LogP contribution >= 0.6 is 0 Å². The van der Waals surface area contributed by atoms with Gasteiger partial charge in [-0.1, -0.05) is 118 Å². The molecule has 6 heteroatoms. The van der Waals surface area contributed by atoms with Gasteiger partial charge in [0.2, 0.25) is 0 Å². The molecular weight excluding hydrogens is 507 g/mol. The molecular formula is C32H41NO3SSi. The maximum Gasteiger partial charge on any atom is 0.261 e. The Morgan fingerprint density at radius 3 is 1.76 bits per heavy atom. The normalized spacial score (nSPS) is 14.4. The van der Waals surface area contributed by atoms with E-state index >= 15 is 0 Å². The van der Waals surface area contributed by atoms with Gasteiger partial charge in [-0.2, -0.15) is 0 Å². The van der Waals surface area contributed by atoms with Crippen LogP contribution in [-0.4, -0.2) is 35.7 Å². The van der Waals surface area contributed by atoms with Gasteiger partial charge in [0.15, 0.2) is 5.78 Å². The number of rotatable bonds is 11. The van der Waals surface area contributed by atoms with E-state index in [2.05, 4.69) is 74.0 Å². The molecule has 0 aromatic heterocycles. The number of carbonyl (C=O) groups excluding carboxylic acids is 1. The van der Waals surface area contributed by atoms with Crippen molar-refractivity contribution in [1.82, 2.24) is 4.72 Å². The van der Waals surface area contributed by atoms with Crippen molar-refractivity contribution in [2.75, 3.05) is 6.61 Å². The van der Waals surface area contributed by atoms with E-state index in [1.165, 1.54) is 10.4 Å². The molecule has 1 unspecified atom stereocenters. The van der Waals surface area contributed by atoms with Crippen LogP contribution < -0.4 is 15.1 Å². The van der Waals surface area contributed by atoms with Crippen molar-refractivity contribution in [3.63, 3.8) is 0 Å². The summed E-state index contributed by atoms with van der Waals surface area (Å²) in [7, 11) is -4.15. The monoisotopic (exact) mass is 547 g/mol. The predicted molar refractivity (Wildman–Crippen MR) is 163 cm³/mol. The lowest BCUT2D eigenvalue weighted by atomic mass is 10.1. The minimum absolute atomic E-state index is 0.0386. The highest BCUT2D eigenvalue weighted by atomic mass is 32.2. The zero-order valence-electron chi connectivity index (χ0n) is 23.4. The van der Waals surface area contributed by atoms with E-state index in [0.29, 0.717) is 0 Å². The minimum Gasteiger partial charge on any atom is -0.406 e. The van der Waals surface area contributed by atoms with Crippen LogP contribution in [0.1, 0.15) is 53.5 Å². The fourth-order valence-corrected chi connectivity index (χ4v) is 9.93. The van der Waals surface area contributed by atoms with E-state index in [-0.39, 0.29) is 23.8 Å². The largest absolute Gasteiger partial charge is 0.406 e. The topological polar surface area (TPSA) is 55.4 Å². The third-order valence-electron chi connectivity index (χ3n) is 6.46. The van der Waals surface area contributed by atoms with Gasteiger partial charge >= 0.3 is 0 Å². The van der Waals surface area contributed by atoms with Crippen molar-refractivity contribution < 1.29 is 13.4 Å². The van der Waals surface area contributed by atoms with E-state index in [9.17, 15) is 9.00 Å². The lowest BCUT2D eigenvalue weighted by Gasteiger charge is -2.43. The van der Waals surface area contributed by atoms with Gasteiger partial charge < -0.3 is 4.43 Å². The third kappa shape index (κ3) is 7.70. The van der Waals surface area contributed by atoms with Crippen molar-refractivity contribution in [1.29, 1.82) is 0 Å². The van der Waals surface area contributed by atoms with Crippen LogP contribution in [0, 0.1) is 0 Å². The number of hydrogen-bond acceptors (Lipinski definition) is 3. The molecule has 4 nitrogen and oxygen atoms in total. The second-order valence-corrected chi connectivity index (χ2v) is 17.9. The van der Waals surface area contributed by atoms with Gasteiger partial charge in [-0.25, -0.2) is 8.93 Å². The minimum atomic E-state index is -2.80. The van der Waals surface area contributed by atoms with Crippen LogP contribution in [0.3, 0.4) is 0 Å². The zero-order chi connectivity index (χ0) is 27.8. The van der Waals surface area contributed by atoms with Crippen molar-refractivity contribution in [2.24, 2.45) is 0 Å². The summed E-state index contributed by atoms with van der Waals surface area (Å²) in [4.78, 5) is 13.0. The van der Waals surface area contributed by atoms with Gasteiger partial charge in [0.05, 0.1) is 22.3 Å². The van der Waals surface area contributed by atoms with E-state index in [0.717, 1.165) is 5.56 Å². The lowest BCUT2D eigenvalue weighted by Crippen LogP contribution is -2.67. The smallest absolute Gasteiger partial charge is 0.261 e. The number of nitrogens with one attached hydrogen (secondary N) is 1. The Bertz CT molecular complexity index is 1180. The number of ketones is 1. The highest BCUT2D eigenvalue weighted by Crippen LogP contribution is 2.37. The summed E-state index contributed by atoms with van der Waals surface area (Å²) in [6, 6.07) is 30.2. The zero-order valence-corrected chi connectivity index (χ0v) is 25.3. The molecule has 0 heterocycles. The van der Waals surface area contributed by atoms with Gasteiger partial charge in [0, 0.05) is 12.5 Å². The fourth-order valence-electron chi connectivity index (χ4n) is 4.51. The van der Waals surface area contributed by atoms with E-state index in [1.807, 2.05) is 69.3 Å². The average molecular weight is 548 g/mol. The standard InChI is InChI=1S/C32H41NO3SSi/c1-31(2,3)37(35)33-27(24-28(34)23-22-26-16-10-7-11-17-26)25-36-38(32(4,5)6,29-18-12-8-13-19-29)30-20-14-9-15-21-30/h7-23,27,33H,24-25H2,1-6H3/b23-22+/t27-,37?/m1/s1. The highest BCUT2D eigenvalue weighted by molar-refractivity contribution is 7.84. The van der Waals surface area contributed by atoms with Crippen molar-refractivity contribution in [2.45, 2.75) is 63.8 Å². The highest BCUT2D eigenvalue weighted by Gasteiger charge is 2.50. The summed E-state index contributed by atoms with van der Waals surface area (Å²) in [5.41, 5.74) is 0.965. The van der Waals surface area contributed by atoms with Crippen molar-refractivity contribution >= 4 is 41.5 Å². The average Bonchev–Trinajstić information content (AvgIpc) is 2.88. The molecule has 0 bridgehead atoms. The van der Waals surface area contributed by atoms with Gasteiger partial charge in [-0.15, -0.1) is 0 Å². The van der Waals surface area contributed by atoms with Crippen LogP contribution in [0.2, 0.25) is 5.04 Å². The Hall–Kier alpha value is -2.64. The fraction of sp³-hybridized carbons (Fsp3) is 0.344. The van der Waals surface area contributed by atoms with Crippen LogP contribution in [0.25, 0.3) is 6.08 Å². The van der Waals surface area contributed by atoms with Crippen LogP contribution in [-0.2, 0) is 20.2 Å². The van der Waals surface area contributed by atoms with E-state index in [4.69, 9.17) is 4.43 Å². The summed E-state index contributed by atoms with van der Waals surface area (Å²) in [6.07, 6.45) is 3.61. The first-order valence-corrected chi connectivity index (χ1v) is 16.2. The molecule has 0 amide bonds. The molecule has 0 fully saturated rings. The molecule has 0 aliphatic heterocycles. The number of benzene rings is 3. The molecule has 3 aromatic carbocycles. The lowest BCUT2D eigenvalue weighted by molar-refractivity contribution is -0.115. The van der Waals surface area contributed by atoms with E-state index < -0.39 is 30.1 Å². The van der Waals surface area contributed by atoms with Gasteiger partial charge in [-0.3, -0.25) is 4.79 Å². The Balaban J connectivity index is 1.95. The third-order valence-corrected chi connectivity index (χ3v) is 13.1. The van der Waals surface area contributed by atoms with Crippen LogP contribution in [0.15, 0.2) is 97.1 Å². The molecule has 0 aliphatic carbocycles. The first-order valence-electron chi connectivity index (χ1n) is 13.1. The molecule has 3 rings (SSSR count).